The molecule has 0 amide bonds. The SMILES string of the molecule is CC1(C)C=C(C(=O)c2ccc(C#N)c(F)c2)CCC1. The van der Waals surface area contributed by atoms with Gasteiger partial charge in [-0.05, 0) is 48.4 Å². The minimum absolute atomic E-state index is 0.0222. The van der Waals surface area contributed by atoms with Crippen LogP contribution < -0.4 is 0 Å². The highest BCUT2D eigenvalue weighted by Crippen LogP contribution is 2.34. The molecule has 0 bridgehead atoms. The second kappa shape index (κ2) is 4.97. The fourth-order valence-electron chi connectivity index (χ4n) is 2.46. The molecule has 0 spiro atoms. The van der Waals surface area contributed by atoms with E-state index >= 15 is 0 Å². The van der Waals surface area contributed by atoms with Gasteiger partial charge < -0.3 is 0 Å². The van der Waals surface area contributed by atoms with Crippen LogP contribution in [0.25, 0.3) is 0 Å². The molecule has 19 heavy (non-hydrogen) atoms. The lowest BCUT2D eigenvalue weighted by molar-refractivity contribution is 0.102. The summed E-state index contributed by atoms with van der Waals surface area (Å²) in [7, 11) is 0. The van der Waals surface area contributed by atoms with Crippen LogP contribution in [-0.4, -0.2) is 5.78 Å². The quantitative estimate of drug-likeness (QED) is 0.751. The van der Waals surface area contributed by atoms with Crippen LogP contribution in [0.15, 0.2) is 29.8 Å². The van der Waals surface area contributed by atoms with E-state index in [-0.39, 0.29) is 16.8 Å². The smallest absolute Gasteiger partial charge is 0.188 e. The summed E-state index contributed by atoms with van der Waals surface area (Å²) in [6, 6.07) is 5.79. The van der Waals surface area contributed by atoms with E-state index in [0.29, 0.717) is 5.56 Å². The number of hydrogen-bond acceptors (Lipinski definition) is 2. The van der Waals surface area contributed by atoms with Gasteiger partial charge >= 0.3 is 0 Å². The van der Waals surface area contributed by atoms with Crippen molar-refractivity contribution in [3.05, 3.63) is 46.8 Å². The lowest BCUT2D eigenvalue weighted by atomic mass is 9.78. The van der Waals surface area contributed by atoms with Gasteiger partial charge in [-0.15, -0.1) is 0 Å². The van der Waals surface area contributed by atoms with Gasteiger partial charge in [-0.1, -0.05) is 19.9 Å². The van der Waals surface area contributed by atoms with Crippen molar-refractivity contribution in [1.29, 1.82) is 5.26 Å². The molecule has 2 nitrogen and oxygen atoms in total. The van der Waals surface area contributed by atoms with E-state index in [4.69, 9.17) is 5.26 Å². The molecule has 98 valence electrons. The van der Waals surface area contributed by atoms with E-state index in [1.54, 1.807) is 6.07 Å². The van der Waals surface area contributed by atoms with E-state index in [1.165, 1.54) is 12.1 Å². The first kappa shape index (κ1) is 13.5. The molecule has 0 atom stereocenters. The third-order valence-electron chi connectivity index (χ3n) is 3.48. The lowest BCUT2D eigenvalue weighted by Crippen LogP contribution is -2.17. The molecule has 0 saturated carbocycles. The number of nitrogens with zero attached hydrogens (tertiary/aromatic N) is 1. The van der Waals surface area contributed by atoms with Gasteiger partial charge in [0.05, 0.1) is 5.56 Å². The Morgan fingerprint density at radius 1 is 1.42 bits per heavy atom. The zero-order chi connectivity index (χ0) is 14.0. The van der Waals surface area contributed by atoms with E-state index < -0.39 is 5.82 Å². The Labute approximate surface area is 112 Å². The molecule has 0 radical (unpaired) electrons. The van der Waals surface area contributed by atoms with Gasteiger partial charge in [0.2, 0.25) is 0 Å². The summed E-state index contributed by atoms with van der Waals surface area (Å²) in [6.45, 7) is 4.19. The van der Waals surface area contributed by atoms with Crippen molar-refractivity contribution in [3.63, 3.8) is 0 Å². The molecule has 0 aliphatic heterocycles. The van der Waals surface area contributed by atoms with Crippen molar-refractivity contribution < 1.29 is 9.18 Å². The molecule has 1 aromatic rings. The lowest BCUT2D eigenvalue weighted by Gasteiger charge is -2.26. The molecule has 2 rings (SSSR count). The van der Waals surface area contributed by atoms with E-state index in [0.717, 1.165) is 30.9 Å². The van der Waals surface area contributed by atoms with Crippen LogP contribution in [0.1, 0.15) is 49.0 Å². The van der Waals surface area contributed by atoms with Gasteiger partial charge in [-0.3, -0.25) is 4.79 Å². The first-order chi connectivity index (χ1) is 8.93. The summed E-state index contributed by atoms with van der Waals surface area (Å²) >= 11 is 0. The number of rotatable bonds is 2. The minimum atomic E-state index is -0.635. The Bertz CT molecular complexity index is 593. The zero-order valence-electron chi connectivity index (χ0n) is 11.2. The maximum absolute atomic E-state index is 13.5. The van der Waals surface area contributed by atoms with Crippen LogP contribution in [0.5, 0.6) is 0 Å². The van der Waals surface area contributed by atoms with Crippen molar-refractivity contribution in [3.8, 4) is 6.07 Å². The first-order valence-electron chi connectivity index (χ1n) is 6.39. The van der Waals surface area contributed by atoms with Crippen molar-refractivity contribution >= 4 is 5.78 Å². The Kier molecular flexibility index (Phi) is 3.53. The van der Waals surface area contributed by atoms with Gasteiger partial charge in [-0.2, -0.15) is 5.26 Å². The molecular formula is C16H16FNO. The van der Waals surface area contributed by atoms with Crippen LogP contribution >= 0.6 is 0 Å². The maximum atomic E-state index is 13.5. The summed E-state index contributed by atoms with van der Waals surface area (Å²) in [5.74, 6) is -0.764. The molecule has 3 heteroatoms. The van der Waals surface area contributed by atoms with Gasteiger partial charge in [0.25, 0.3) is 0 Å². The summed E-state index contributed by atoms with van der Waals surface area (Å²) in [4.78, 5) is 12.3. The van der Waals surface area contributed by atoms with Gasteiger partial charge in [0.15, 0.2) is 5.78 Å². The third-order valence-corrected chi connectivity index (χ3v) is 3.48. The fourth-order valence-corrected chi connectivity index (χ4v) is 2.46. The molecule has 0 heterocycles. The fraction of sp³-hybridized carbons (Fsp3) is 0.375. The van der Waals surface area contributed by atoms with Crippen molar-refractivity contribution in [2.24, 2.45) is 5.41 Å². The Morgan fingerprint density at radius 3 is 2.74 bits per heavy atom. The number of hydrogen-bond donors (Lipinski definition) is 0. The number of halogens is 1. The molecule has 1 aromatic carbocycles. The number of benzene rings is 1. The highest BCUT2D eigenvalue weighted by molar-refractivity contribution is 6.08. The van der Waals surface area contributed by atoms with Crippen molar-refractivity contribution in [2.45, 2.75) is 33.1 Å². The molecule has 0 aromatic heterocycles. The molecule has 0 unspecified atom stereocenters. The minimum Gasteiger partial charge on any atom is -0.289 e. The molecule has 0 saturated heterocycles. The van der Waals surface area contributed by atoms with E-state index in [2.05, 4.69) is 13.8 Å². The average Bonchev–Trinajstić information content (AvgIpc) is 2.36. The van der Waals surface area contributed by atoms with Gasteiger partial charge in [0, 0.05) is 5.56 Å². The number of carbonyl (C=O) groups is 1. The maximum Gasteiger partial charge on any atom is 0.188 e. The molecule has 0 N–H and O–H groups in total. The van der Waals surface area contributed by atoms with Gasteiger partial charge in [0.1, 0.15) is 11.9 Å². The second-order valence-electron chi connectivity index (χ2n) is 5.65. The predicted molar refractivity (Wildman–Crippen MR) is 71.2 cm³/mol. The number of ketones is 1. The zero-order valence-corrected chi connectivity index (χ0v) is 11.2. The summed E-state index contributed by atoms with van der Waals surface area (Å²) < 4.78 is 13.5. The molecular weight excluding hydrogens is 241 g/mol. The second-order valence-corrected chi connectivity index (χ2v) is 5.65. The number of carbonyl (C=O) groups excluding carboxylic acids is 1. The Balaban J connectivity index is 2.33. The number of nitriles is 1. The number of Topliss-reactive ketones (excluding diaryl/α,β-unsaturated/α-hetero) is 1. The van der Waals surface area contributed by atoms with E-state index in [9.17, 15) is 9.18 Å². The standard InChI is InChI=1S/C16H16FNO/c1-16(2)7-3-4-12(9-16)15(19)11-5-6-13(10-18)14(17)8-11/h5-6,8-9H,3-4,7H2,1-2H3. The average molecular weight is 257 g/mol. The largest absolute Gasteiger partial charge is 0.289 e. The molecule has 1 aliphatic rings. The predicted octanol–water partition coefficient (Wildman–Crippen LogP) is 4.02. The first-order valence-corrected chi connectivity index (χ1v) is 6.39. The van der Waals surface area contributed by atoms with Crippen LogP contribution in [0.4, 0.5) is 4.39 Å². The molecule has 1 aliphatic carbocycles. The molecule has 0 fully saturated rings. The Hall–Kier alpha value is -1.95. The van der Waals surface area contributed by atoms with E-state index in [1.807, 2.05) is 6.08 Å². The van der Waals surface area contributed by atoms with Crippen LogP contribution in [0.2, 0.25) is 0 Å². The highest BCUT2D eigenvalue weighted by Gasteiger charge is 2.24. The number of allylic oxidation sites excluding steroid dienone is 2. The summed E-state index contributed by atoms with van der Waals surface area (Å²) in [6.07, 6.45) is 4.77. The van der Waals surface area contributed by atoms with Crippen LogP contribution in [0, 0.1) is 22.6 Å². The highest BCUT2D eigenvalue weighted by atomic mass is 19.1. The van der Waals surface area contributed by atoms with Crippen LogP contribution in [0.3, 0.4) is 0 Å². The monoisotopic (exact) mass is 257 g/mol. The summed E-state index contributed by atoms with van der Waals surface area (Å²) in [5, 5.41) is 8.68. The topological polar surface area (TPSA) is 40.9 Å². The van der Waals surface area contributed by atoms with Crippen LogP contribution in [-0.2, 0) is 0 Å². The summed E-state index contributed by atoms with van der Waals surface area (Å²) in [5.41, 5.74) is 1.06. The van der Waals surface area contributed by atoms with Gasteiger partial charge in [-0.25, -0.2) is 4.39 Å². The third kappa shape index (κ3) is 2.90. The van der Waals surface area contributed by atoms with Crippen molar-refractivity contribution in [2.75, 3.05) is 0 Å². The van der Waals surface area contributed by atoms with Crippen molar-refractivity contribution in [1.82, 2.24) is 0 Å². The Morgan fingerprint density at radius 2 is 2.16 bits per heavy atom. The normalized spacial score (nSPS) is 17.5.